The number of nitrogens with one attached hydrogen (secondary N) is 1. The molecule has 1 aliphatic heterocycles. The van der Waals surface area contributed by atoms with Gasteiger partial charge in [-0.05, 0) is 31.0 Å². The summed E-state index contributed by atoms with van der Waals surface area (Å²) in [5, 5.41) is 3.06. The van der Waals surface area contributed by atoms with Gasteiger partial charge in [0.25, 0.3) is 0 Å². The van der Waals surface area contributed by atoms with Crippen molar-refractivity contribution in [2.45, 2.75) is 41.7 Å². The Kier molecular flexibility index (Phi) is 2.98. The van der Waals surface area contributed by atoms with Crippen molar-refractivity contribution in [3.05, 3.63) is 18.2 Å². The Morgan fingerprint density at radius 3 is 2.78 bits per heavy atom. The van der Waals surface area contributed by atoms with Crippen LogP contribution in [0.3, 0.4) is 0 Å². The van der Waals surface area contributed by atoms with Gasteiger partial charge in [0.15, 0.2) is 0 Å². The van der Waals surface area contributed by atoms with Crippen LogP contribution < -0.4 is 10.1 Å². The number of fused-ring (bicyclic) bond motifs is 1. The number of carbonyl (C=O) groups excluding carboxylic acids is 1. The molecule has 0 unspecified atom stereocenters. The third-order valence-corrected chi connectivity index (χ3v) is 5.36. The van der Waals surface area contributed by atoms with Crippen LogP contribution in [0.25, 0.3) is 0 Å². The van der Waals surface area contributed by atoms with Crippen LogP contribution in [0.2, 0.25) is 0 Å². The van der Waals surface area contributed by atoms with Crippen molar-refractivity contribution >= 4 is 23.4 Å². The zero-order valence-corrected chi connectivity index (χ0v) is 11.3. The molecule has 0 radical (unpaired) electrons. The van der Waals surface area contributed by atoms with Gasteiger partial charge in [0, 0.05) is 4.90 Å². The predicted molar refractivity (Wildman–Crippen MR) is 73.3 cm³/mol. The maximum Gasteiger partial charge on any atom is 0.241 e. The molecular weight excluding hydrogens is 246 g/mol. The average Bonchev–Trinajstić information content (AvgIpc) is 2.41. The minimum Gasteiger partial charge on any atom is -0.497 e. The monoisotopic (exact) mass is 263 g/mol. The molecule has 96 valence electrons. The summed E-state index contributed by atoms with van der Waals surface area (Å²) in [7, 11) is 1.67. The van der Waals surface area contributed by atoms with Gasteiger partial charge in [-0.2, -0.15) is 0 Å². The Morgan fingerprint density at radius 2 is 2.06 bits per heavy atom. The summed E-state index contributed by atoms with van der Waals surface area (Å²) in [6.07, 6.45) is 5.53. The van der Waals surface area contributed by atoms with Crippen LogP contribution in [0.1, 0.15) is 32.1 Å². The lowest BCUT2D eigenvalue weighted by molar-refractivity contribution is -0.119. The molecule has 1 aromatic rings. The molecular formula is C14H17NO2S. The Labute approximate surface area is 111 Å². The molecule has 1 spiro atoms. The maximum atomic E-state index is 12.3. The Bertz CT molecular complexity index is 481. The number of hydrogen-bond donors (Lipinski definition) is 1. The number of anilines is 1. The molecule has 1 fully saturated rings. The highest BCUT2D eigenvalue weighted by molar-refractivity contribution is 8.01. The largest absolute Gasteiger partial charge is 0.497 e. The van der Waals surface area contributed by atoms with Gasteiger partial charge in [0.05, 0.1) is 17.5 Å². The molecule has 0 atom stereocenters. The quantitative estimate of drug-likeness (QED) is 0.843. The molecule has 1 heterocycles. The van der Waals surface area contributed by atoms with E-state index in [0.717, 1.165) is 42.0 Å². The van der Waals surface area contributed by atoms with E-state index in [1.165, 1.54) is 6.42 Å². The second-order valence-electron chi connectivity index (χ2n) is 4.97. The molecule has 3 rings (SSSR count). The molecule has 1 N–H and O–H groups in total. The van der Waals surface area contributed by atoms with Crippen molar-refractivity contribution in [1.29, 1.82) is 0 Å². The van der Waals surface area contributed by atoms with Gasteiger partial charge in [0.1, 0.15) is 5.75 Å². The van der Waals surface area contributed by atoms with Crippen molar-refractivity contribution in [3.63, 3.8) is 0 Å². The highest BCUT2D eigenvalue weighted by Gasteiger charge is 2.43. The average molecular weight is 263 g/mol. The summed E-state index contributed by atoms with van der Waals surface area (Å²) < 4.78 is 5.02. The summed E-state index contributed by atoms with van der Waals surface area (Å²) in [5.41, 5.74) is 0.919. The lowest BCUT2D eigenvalue weighted by Crippen LogP contribution is -2.43. The van der Waals surface area contributed by atoms with Crippen molar-refractivity contribution < 1.29 is 9.53 Å². The molecule has 0 bridgehead atoms. The summed E-state index contributed by atoms with van der Waals surface area (Å²) in [6.45, 7) is 0. The molecule has 18 heavy (non-hydrogen) atoms. The van der Waals surface area contributed by atoms with Crippen molar-refractivity contribution in [2.75, 3.05) is 12.4 Å². The van der Waals surface area contributed by atoms with Gasteiger partial charge in [-0.15, -0.1) is 11.8 Å². The van der Waals surface area contributed by atoms with Gasteiger partial charge in [-0.25, -0.2) is 0 Å². The van der Waals surface area contributed by atoms with Crippen LogP contribution in [0.4, 0.5) is 5.69 Å². The summed E-state index contributed by atoms with van der Waals surface area (Å²) in [4.78, 5) is 13.5. The van der Waals surface area contributed by atoms with E-state index in [9.17, 15) is 4.79 Å². The molecule has 1 aliphatic carbocycles. The molecule has 4 heteroatoms. The van der Waals surface area contributed by atoms with Crippen molar-refractivity contribution in [2.24, 2.45) is 0 Å². The van der Waals surface area contributed by atoms with E-state index in [1.807, 2.05) is 18.2 Å². The number of carbonyl (C=O) groups is 1. The number of amides is 1. The molecule has 1 aromatic carbocycles. The van der Waals surface area contributed by atoms with Crippen molar-refractivity contribution in [1.82, 2.24) is 0 Å². The minimum absolute atomic E-state index is 0.185. The van der Waals surface area contributed by atoms with Crippen LogP contribution in [0.5, 0.6) is 5.75 Å². The molecule has 3 nitrogen and oxygen atoms in total. The molecule has 1 saturated carbocycles. The van der Waals surface area contributed by atoms with E-state index in [0.29, 0.717) is 0 Å². The zero-order chi connectivity index (χ0) is 12.6. The Balaban J connectivity index is 1.96. The normalized spacial score (nSPS) is 21.3. The van der Waals surface area contributed by atoms with Crippen LogP contribution in [-0.2, 0) is 4.79 Å². The molecule has 0 saturated heterocycles. The fraction of sp³-hybridized carbons (Fsp3) is 0.500. The van der Waals surface area contributed by atoms with E-state index < -0.39 is 0 Å². The molecule has 2 aliphatic rings. The first kappa shape index (κ1) is 11.9. The van der Waals surface area contributed by atoms with Gasteiger partial charge in [-0.1, -0.05) is 19.3 Å². The Morgan fingerprint density at radius 1 is 1.28 bits per heavy atom. The number of benzene rings is 1. The van der Waals surface area contributed by atoms with Gasteiger partial charge in [-0.3, -0.25) is 4.79 Å². The van der Waals surface area contributed by atoms with Gasteiger partial charge >= 0.3 is 0 Å². The first-order valence-corrected chi connectivity index (χ1v) is 7.24. The lowest BCUT2D eigenvalue weighted by atomic mass is 9.87. The van der Waals surface area contributed by atoms with E-state index in [2.05, 4.69) is 5.32 Å². The second-order valence-corrected chi connectivity index (χ2v) is 6.40. The maximum absolute atomic E-state index is 12.3. The van der Waals surface area contributed by atoms with Gasteiger partial charge < -0.3 is 10.1 Å². The fourth-order valence-electron chi connectivity index (χ4n) is 2.76. The Hall–Kier alpha value is -1.16. The number of rotatable bonds is 1. The second kappa shape index (κ2) is 4.50. The summed E-state index contributed by atoms with van der Waals surface area (Å²) in [5.74, 6) is 1.04. The predicted octanol–water partition coefficient (Wildman–Crippen LogP) is 3.44. The summed E-state index contributed by atoms with van der Waals surface area (Å²) >= 11 is 1.73. The topological polar surface area (TPSA) is 38.3 Å². The van der Waals surface area contributed by atoms with E-state index >= 15 is 0 Å². The number of ether oxygens (including phenoxy) is 1. The SMILES string of the molecule is COc1ccc2c(c1)SC1(CCCCC1)C(=O)N2. The van der Waals surface area contributed by atoms with Crippen LogP contribution in [-0.4, -0.2) is 17.8 Å². The smallest absolute Gasteiger partial charge is 0.241 e. The highest BCUT2D eigenvalue weighted by atomic mass is 32.2. The van der Waals surface area contributed by atoms with Crippen LogP contribution in [0, 0.1) is 0 Å². The number of thioether (sulfide) groups is 1. The fourth-order valence-corrected chi connectivity index (χ4v) is 4.22. The van der Waals surface area contributed by atoms with Crippen LogP contribution in [0.15, 0.2) is 23.1 Å². The van der Waals surface area contributed by atoms with Crippen LogP contribution >= 0.6 is 11.8 Å². The minimum atomic E-state index is -0.238. The molecule has 0 aromatic heterocycles. The van der Waals surface area contributed by atoms with Gasteiger partial charge in [0.2, 0.25) is 5.91 Å². The number of methoxy groups -OCH3 is 1. The third-order valence-electron chi connectivity index (χ3n) is 3.82. The first-order chi connectivity index (χ1) is 8.73. The highest BCUT2D eigenvalue weighted by Crippen LogP contribution is 2.50. The lowest BCUT2D eigenvalue weighted by Gasteiger charge is -2.38. The first-order valence-electron chi connectivity index (χ1n) is 6.42. The van der Waals surface area contributed by atoms with E-state index in [4.69, 9.17) is 4.74 Å². The zero-order valence-electron chi connectivity index (χ0n) is 10.5. The number of hydrogen-bond acceptors (Lipinski definition) is 3. The summed E-state index contributed by atoms with van der Waals surface area (Å²) in [6, 6.07) is 5.84. The van der Waals surface area contributed by atoms with E-state index in [-0.39, 0.29) is 10.7 Å². The third kappa shape index (κ3) is 1.88. The molecule has 1 amide bonds. The standard InChI is InChI=1S/C14H17NO2S/c1-17-10-5-6-11-12(9-10)18-14(13(16)15-11)7-3-2-4-8-14/h5-6,9H,2-4,7-8H2,1H3,(H,15,16). The van der Waals surface area contributed by atoms with E-state index in [1.54, 1.807) is 18.9 Å². The van der Waals surface area contributed by atoms with Crippen molar-refractivity contribution in [3.8, 4) is 5.75 Å².